The van der Waals surface area contributed by atoms with Gasteiger partial charge < -0.3 is 9.30 Å². The van der Waals surface area contributed by atoms with Crippen LogP contribution in [0.15, 0.2) is 23.1 Å². The number of hydrogen-bond donors (Lipinski definition) is 1. The average molecular weight is 420 g/mol. The third-order valence-electron chi connectivity index (χ3n) is 5.87. The lowest BCUT2D eigenvalue weighted by molar-refractivity contribution is 0.318. The molecule has 1 aliphatic rings. The van der Waals surface area contributed by atoms with Crippen LogP contribution in [0.1, 0.15) is 64.3 Å². The van der Waals surface area contributed by atoms with E-state index in [1.807, 2.05) is 19.1 Å². The summed E-state index contributed by atoms with van der Waals surface area (Å²) in [5, 5.41) is 5.53. The molecule has 0 aromatic carbocycles. The van der Waals surface area contributed by atoms with E-state index in [9.17, 15) is 8.42 Å². The topological polar surface area (TPSA) is 87.2 Å². The fraction of sp³-hybridized carbons (Fsp3) is 0.591. The predicted molar refractivity (Wildman–Crippen MR) is 116 cm³/mol. The van der Waals surface area contributed by atoms with Gasteiger partial charge in [0.05, 0.1) is 12.8 Å². The highest BCUT2D eigenvalue weighted by Gasteiger charge is 2.25. The normalized spacial score (nSPS) is 16.2. The van der Waals surface area contributed by atoms with Gasteiger partial charge in [-0.3, -0.25) is 0 Å². The molecule has 29 heavy (non-hydrogen) atoms. The Morgan fingerprint density at radius 2 is 1.83 bits per heavy atom. The number of rotatable bonds is 5. The highest BCUT2D eigenvalue weighted by atomic mass is 32.2. The van der Waals surface area contributed by atoms with Gasteiger partial charge in [0.25, 0.3) is 0 Å². The summed E-state index contributed by atoms with van der Waals surface area (Å²) in [5.74, 6) is 1.07. The Morgan fingerprint density at radius 3 is 2.38 bits per heavy atom. The highest BCUT2D eigenvalue weighted by Crippen LogP contribution is 2.35. The summed E-state index contributed by atoms with van der Waals surface area (Å²) >= 11 is 0. The maximum absolute atomic E-state index is 12.2. The molecule has 1 aliphatic carbocycles. The molecule has 6 nitrogen and oxygen atoms in total. The van der Waals surface area contributed by atoms with E-state index in [2.05, 4.69) is 30.3 Å². The van der Waals surface area contributed by atoms with Crippen molar-refractivity contribution in [2.45, 2.75) is 76.7 Å². The van der Waals surface area contributed by atoms with Gasteiger partial charge in [-0.25, -0.2) is 18.5 Å². The second-order valence-corrected chi connectivity index (χ2v) is 10.7. The fourth-order valence-corrected chi connectivity index (χ4v) is 4.95. The van der Waals surface area contributed by atoms with Crippen molar-refractivity contribution < 1.29 is 13.2 Å². The van der Waals surface area contributed by atoms with Gasteiger partial charge in [0, 0.05) is 35.0 Å². The first-order chi connectivity index (χ1) is 13.5. The Labute approximate surface area is 174 Å². The molecule has 2 N–H and O–H groups in total. The molecule has 0 bridgehead atoms. The highest BCUT2D eigenvalue weighted by molar-refractivity contribution is 7.89. The molecule has 2 aromatic heterocycles. The van der Waals surface area contributed by atoms with Crippen LogP contribution in [0.5, 0.6) is 5.88 Å². The van der Waals surface area contributed by atoms with E-state index >= 15 is 0 Å². The van der Waals surface area contributed by atoms with E-state index in [0.29, 0.717) is 17.5 Å². The summed E-state index contributed by atoms with van der Waals surface area (Å²) in [7, 11) is -2.21. The maximum Gasteiger partial charge on any atom is 0.239 e. The molecular formula is C22H33N3O3S. The Bertz CT molecular complexity index is 981. The van der Waals surface area contributed by atoms with Crippen molar-refractivity contribution in [3.05, 3.63) is 29.6 Å². The van der Waals surface area contributed by atoms with Crippen LogP contribution in [-0.4, -0.2) is 25.1 Å². The van der Waals surface area contributed by atoms with Crippen molar-refractivity contribution in [1.82, 2.24) is 9.55 Å². The van der Waals surface area contributed by atoms with E-state index in [1.54, 1.807) is 13.2 Å². The molecule has 1 saturated carbocycles. The minimum Gasteiger partial charge on any atom is -0.481 e. The summed E-state index contributed by atoms with van der Waals surface area (Å²) in [5.41, 5.74) is 3.18. The van der Waals surface area contributed by atoms with E-state index in [1.165, 1.54) is 32.1 Å². The van der Waals surface area contributed by atoms with Crippen LogP contribution in [0.3, 0.4) is 0 Å². The lowest BCUT2D eigenvalue weighted by Gasteiger charge is -2.25. The van der Waals surface area contributed by atoms with Crippen molar-refractivity contribution >= 4 is 10.0 Å². The number of hydrogen-bond acceptors (Lipinski definition) is 4. The minimum atomic E-state index is -3.81. The van der Waals surface area contributed by atoms with Crippen LogP contribution in [0, 0.1) is 12.8 Å². The van der Waals surface area contributed by atoms with E-state index in [-0.39, 0.29) is 10.3 Å². The molecule has 1 fully saturated rings. The number of methoxy groups -OCH3 is 1. The lowest BCUT2D eigenvalue weighted by Crippen LogP contribution is -2.18. The van der Waals surface area contributed by atoms with Crippen LogP contribution >= 0.6 is 0 Å². The largest absolute Gasteiger partial charge is 0.481 e. The average Bonchev–Trinajstić information content (AvgIpc) is 2.98. The monoisotopic (exact) mass is 419 g/mol. The van der Waals surface area contributed by atoms with Crippen LogP contribution < -0.4 is 9.88 Å². The molecular weight excluding hydrogens is 386 g/mol. The Balaban J connectivity index is 2.17. The number of primary sulfonamides is 1. The molecule has 3 rings (SSSR count). The summed E-state index contributed by atoms with van der Waals surface area (Å²) in [6.07, 6.45) is 6.11. The zero-order valence-electron chi connectivity index (χ0n) is 18.2. The molecule has 0 atom stereocenters. The van der Waals surface area contributed by atoms with Crippen molar-refractivity contribution in [1.29, 1.82) is 0 Å². The number of nitrogens with zero attached hydrogens (tertiary/aromatic N) is 2. The fourth-order valence-electron chi connectivity index (χ4n) is 4.15. The van der Waals surface area contributed by atoms with Crippen molar-refractivity contribution in [2.75, 3.05) is 7.11 Å². The molecule has 7 heteroatoms. The Morgan fingerprint density at radius 1 is 1.17 bits per heavy atom. The SMILES string of the molecule is COc1cc(-c2cc(S(N)(=O)=O)c(C)n2CC2CCCCC2)cc(C(C)(C)C)n1. The van der Waals surface area contributed by atoms with E-state index < -0.39 is 10.0 Å². The quantitative estimate of drug-likeness (QED) is 0.778. The standard InChI is InChI=1S/C22H33N3O3S/c1-15-19(29(23,26)27)13-18(25(15)14-16-9-7-6-8-10-16)17-11-20(22(2,3)4)24-21(12-17)28-5/h11-13,16H,6-10,14H2,1-5H3,(H2,23,26,27). The summed E-state index contributed by atoms with van der Waals surface area (Å²) in [6.45, 7) is 8.93. The molecule has 0 saturated heterocycles. The Kier molecular flexibility index (Phi) is 6.11. The van der Waals surface area contributed by atoms with Crippen LogP contribution in [0.2, 0.25) is 0 Å². The first kappa shape index (κ1) is 21.8. The van der Waals surface area contributed by atoms with Crippen molar-refractivity contribution in [3.8, 4) is 17.1 Å². The third kappa shape index (κ3) is 4.83. The smallest absolute Gasteiger partial charge is 0.239 e. The van der Waals surface area contributed by atoms with Crippen molar-refractivity contribution in [3.63, 3.8) is 0 Å². The molecule has 160 valence electrons. The number of aromatic nitrogens is 2. The van der Waals surface area contributed by atoms with E-state index in [4.69, 9.17) is 9.88 Å². The van der Waals surface area contributed by atoms with Gasteiger partial charge in [-0.1, -0.05) is 40.0 Å². The molecule has 0 aliphatic heterocycles. The zero-order valence-corrected chi connectivity index (χ0v) is 19.0. The molecule has 0 unspecified atom stereocenters. The van der Waals surface area contributed by atoms with Gasteiger partial charge in [0.2, 0.25) is 15.9 Å². The second kappa shape index (κ2) is 8.11. The first-order valence-corrected chi connectivity index (χ1v) is 11.8. The molecule has 0 amide bonds. The summed E-state index contributed by atoms with van der Waals surface area (Å²) < 4.78 is 32.0. The van der Waals surface area contributed by atoms with Gasteiger partial charge in [-0.15, -0.1) is 0 Å². The molecule has 2 aromatic rings. The predicted octanol–water partition coefficient (Wildman–Crippen LogP) is 4.39. The summed E-state index contributed by atoms with van der Waals surface area (Å²) in [6, 6.07) is 5.60. The minimum absolute atomic E-state index is 0.165. The maximum atomic E-state index is 12.2. The number of pyridine rings is 1. The molecule has 2 heterocycles. The van der Waals surface area contributed by atoms with Crippen LogP contribution in [0.25, 0.3) is 11.3 Å². The molecule has 0 radical (unpaired) electrons. The number of nitrogens with two attached hydrogens (primary N) is 1. The van der Waals surface area contributed by atoms with Gasteiger partial charge in [-0.05, 0) is 37.8 Å². The second-order valence-electron chi connectivity index (χ2n) is 9.17. The van der Waals surface area contributed by atoms with Gasteiger partial charge in [-0.2, -0.15) is 0 Å². The lowest BCUT2D eigenvalue weighted by atomic mass is 9.89. The first-order valence-electron chi connectivity index (χ1n) is 10.3. The van der Waals surface area contributed by atoms with Crippen LogP contribution in [-0.2, 0) is 22.0 Å². The van der Waals surface area contributed by atoms with Gasteiger partial charge >= 0.3 is 0 Å². The van der Waals surface area contributed by atoms with E-state index in [0.717, 1.165) is 23.5 Å². The zero-order chi connectivity index (χ0) is 21.4. The van der Waals surface area contributed by atoms with Crippen molar-refractivity contribution in [2.24, 2.45) is 11.1 Å². The Hall–Kier alpha value is -1.86. The molecule has 0 spiro atoms. The van der Waals surface area contributed by atoms with Gasteiger partial charge in [0.1, 0.15) is 4.90 Å². The summed E-state index contributed by atoms with van der Waals surface area (Å²) in [4.78, 5) is 4.79. The number of ether oxygens (including phenoxy) is 1. The third-order valence-corrected chi connectivity index (χ3v) is 6.89. The van der Waals surface area contributed by atoms with Gasteiger partial charge in [0.15, 0.2) is 0 Å². The van der Waals surface area contributed by atoms with Crippen LogP contribution in [0.4, 0.5) is 0 Å². The number of sulfonamides is 1.